The summed E-state index contributed by atoms with van der Waals surface area (Å²) in [5.41, 5.74) is 1.16. The van der Waals surface area contributed by atoms with Crippen LogP contribution in [0.2, 0.25) is 0 Å². The molecule has 0 amide bonds. The van der Waals surface area contributed by atoms with Crippen molar-refractivity contribution in [2.45, 2.75) is 328 Å². The summed E-state index contributed by atoms with van der Waals surface area (Å²) in [6.45, 7) is 11.6. The first-order valence-corrected chi connectivity index (χ1v) is 36.5. The molecule has 10 fully saturated rings. The van der Waals surface area contributed by atoms with E-state index in [1.165, 1.54) is 32.8 Å². The minimum absolute atomic E-state index is 0.0102. The minimum atomic E-state index is -2.06. The second-order valence-corrected chi connectivity index (χ2v) is 31.1. The van der Waals surface area contributed by atoms with Crippen molar-refractivity contribution in [2.24, 2.45) is 34.5 Å². The van der Waals surface area contributed by atoms with Gasteiger partial charge < -0.3 is 157 Å². The Kier molecular flexibility index (Phi) is 27.0. The van der Waals surface area contributed by atoms with Crippen LogP contribution in [0.15, 0.2) is 23.3 Å². The van der Waals surface area contributed by atoms with E-state index < -0.39 is 253 Å². The summed E-state index contributed by atoms with van der Waals surface area (Å²) in [4.78, 5) is 26.6. The van der Waals surface area contributed by atoms with Crippen molar-refractivity contribution in [2.75, 3.05) is 40.6 Å². The van der Waals surface area contributed by atoms with Crippen molar-refractivity contribution >= 4 is 11.8 Å². The van der Waals surface area contributed by atoms with Crippen LogP contribution >= 0.6 is 0 Å². The van der Waals surface area contributed by atoms with Crippen molar-refractivity contribution in [1.29, 1.82) is 0 Å². The number of hydrogen-bond acceptors (Lipinski definition) is 34. The Bertz CT molecular complexity index is 2880. The van der Waals surface area contributed by atoms with Crippen LogP contribution in [0.4, 0.5) is 0 Å². The number of aliphatic hydroxyl groups excluding tert-OH is 15. The summed E-state index contributed by atoms with van der Waals surface area (Å²) < 4.78 is 103. The number of carbonyl (C=O) groups excluding carboxylic acids is 2. The third kappa shape index (κ3) is 16.6. The molecule has 7 saturated heterocycles. The first kappa shape index (κ1) is 82.3. The highest BCUT2D eigenvalue weighted by atomic mass is 16.8. The number of methoxy groups -OCH3 is 2. The molecule has 4 aliphatic carbocycles. The Morgan fingerprint density at radius 2 is 1.03 bits per heavy atom. The molecule has 3 saturated carbocycles. The Morgan fingerprint density at radius 1 is 0.500 bits per heavy atom. The van der Waals surface area contributed by atoms with E-state index in [4.69, 9.17) is 80.5 Å². The molecule has 41 atom stereocenters. The smallest absolute Gasteiger partial charge is 0.331 e. The summed E-state index contributed by atoms with van der Waals surface area (Å²) in [5.74, 6) is -1.15. The van der Waals surface area contributed by atoms with Gasteiger partial charge in [-0.3, -0.25) is 4.79 Å². The lowest BCUT2D eigenvalue weighted by molar-refractivity contribution is -0.378. The van der Waals surface area contributed by atoms with Gasteiger partial charge in [-0.2, -0.15) is 0 Å². The van der Waals surface area contributed by atoms with Gasteiger partial charge in [-0.15, -0.1) is 0 Å². The number of ether oxygens (including phenoxy) is 17. The molecule has 0 bridgehead atoms. The molecule has 15 N–H and O–H groups in total. The SMILES string of the molecule is CO[C@@H]1[C@@H](O)[C@H](O[C@H]2CC[C@@]3(C)C(=CC[C@H]4[C@@H]5C[C@@H](O[C@@H]6O[C@H](CO[C@@H]7O[C@H](CO[C@@H]8O[C@H](CO)[C@@H](O)[C@H](O)[C@H]8O)[C@@H](O)[C@H](O)[C@H]7O[C@@H]7O[C@H](CO)[C@@H](O)[C@H](O)[C@H]7O)[C@@H](O)[C@H](O)[C@H]6O)[C@H](C(C)=O)[C@@]5(C)CC[C@@H]43)C2)O[C@H](C)[C@H]1O[C@H]1C[C@H](O)[C@H](O[C@H]2C[C@@H](OC)[C@H](OC(=O)C=C(C)C)[C@@H](C)O2)[C@@H](C)O1. The van der Waals surface area contributed by atoms with Crippen LogP contribution in [-0.2, 0) is 90.1 Å². The van der Waals surface area contributed by atoms with Crippen molar-refractivity contribution in [3.63, 3.8) is 0 Å². The van der Waals surface area contributed by atoms with Crippen LogP contribution in [0.25, 0.3) is 0 Å². The molecule has 11 rings (SSSR count). The van der Waals surface area contributed by atoms with E-state index in [1.807, 2.05) is 0 Å². The first-order valence-electron chi connectivity index (χ1n) is 36.5. The Morgan fingerprint density at radius 3 is 1.62 bits per heavy atom. The molecular weight excluding hydrogens is 1380 g/mol. The van der Waals surface area contributed by atoms with E-state index in [-0.39, 0.29) is 47.9 Å². The molecule has 596 valence electrons. The molecule has 11 aliphatic rings. The van der Waals surface area contributed by atoms with Crippen molar-refractivity contribution in [1.82, 2.24) is 0 Å². The number of carbonyl (C=O) groups is 2. The van der Waals surface area contributed by atoms with Gasteiger partial charge in [0.25, 0.3) is 0 Å². The number of aliphatic hydroxyl groups is 15. The van der Waals surface area contributed by atoms with Crippen molar-refractivity contribution in [3.8, 4) is 0 Å². The second kappa shape index (κ2) is 34.2. The van der Waals surface area contributed by atoms with Crippen molar-refractivity contribution < 1.29 is 167 Å². The fourth-order valence-corrected chi connectivity index (χ4v) is 18.5. The number of esters is 1. The molecule has 0 radical (unpaired) electrons. The third-order valence-electron chi connectivity index (χ3n) is 24.2. The van der Waals surface area contributed by atoms with Gasteiger partial charge in [-0.1, -0.05) is 31.1 Å². The number of allylic oxidation sites excluding steroid dienone is 2. The average Bonchev–Trinajstić information content (AvgIpc) is 1.53. The van der Waals surface area contributed by atoms with Crippen LogP contribution in [0.3, 0.4) is 0 Å². The van der Waals surface area contributed by atoms with Gasteiger partial charge in [0.15, 0.2) is 50.1 Å². The molecule has 0 aromatic carbocycles. The van der Waals surface area contributed by atoms with Gasteiger partial charge >= 0.3 is 5.97 Å². The highest BCUT2D eigenvalue weighted by molar-refractivity contribution is 5.82. The summed E-state index contributed by atoms with van der Waals surface area (Å²) in [6.07, 6.45) is -39.9. The molecule has 0 spiro atoms. The quantitative estimate of drug-likeness (QED) is 0.0265. The van der Waals surface area contributed by atoms with E-state index in [9.17, 15) is 86.2 Å². The molecule has 0 unspecified atom stereocenters. The van der Waals surface area contributed by atoms with E-state index in [0.29, 0.717) is 32.1 Å². The largest absolute Gasteiger partial charge is 0.454 e. The van der Waals surface area contributed by atoms with E-state index in [2.05, 4.69) is 19.9 Å². The van der Waals surface area contributed by atoms with Gasteiger partial charge in [-0.05, 0) is 115 Å². The van der Waals surface area contributed by atoms with E-state index in [0.717, 1.165) is 18.4 Å². The minimum Gasteiger partial charge on any atom is -0.454 e. The van der Waals surface area contributed by atoms with Gasteiger partial charge in [0, 0.05) is 39.1 Å². The standard InChI is InChI=1S/C70H112O34/c1-26(2)17-43(75)101-60-29(5)93-45(21-38(60)88-9)102-59-28(4)92-44(20-36(59)74)103-61-30(6)94-67(58(87)62(61)89-10)95-32-13-15-69(7)31(18-32)11-12-33-34(69)14-16-70(8)35(33)19-37(46(70)27(3)73)96-65-56(85)53(82)49(78)41(99-65)25-91-68-63(104-66-57(86)52(81)48(77)40(23-72)98-66)54(83)50(79)42(100-68)24-90-64-55(84)51(80)47(76)39(22-71)97-64/h11,17,28-30,32-42,44-68,71-72,74,76-87H,12-16,18-25H2,1-10H3/t28-,29-,30-,32+,33-,34+,35+,36+,37-,38-,39-,40-,41-,42-,44+,45+,46+,47-,48-,49-,50-,51+,52+,53+,54+,55-,56-,57-,58-,59-,60-,61-,62-,63-,64-,65-,66+,67+,68-,69+,70+/m1/s1. The third-order valence-corrected chi connectivity index (χ3v) is 24.2. The Labute approximate surface area is 603 Å². The molecule has 34 nitrogen and oxygen atoms in total. The van der Waals surface area contributed by atoms with Gasteiger partial charge in [-0.25, -0.2) is 4.79 Å². The highest BCUT2D eigenvalue weighted by Gasteiger charge is 2.64. The number of rotatable bonds is 23. The van der Waals surface area contributed by atoms with Gasteiger partial charge in [0.05, 0.1) is 63.1 Å². The highest BCUT2D eigenvalue weighted by Crippen LogP contribution is 2.67. The first-order chi connectivity index (χ1) is 49.2. The molecule has 0 aromatic heterocycles. The van der Waals surface area contributed by atoms with Gasteiger partial charge in [0.2, 0.25) is 0 Å². The maximum atomic E-state index is 14.1. The number of hydrogen-bond donors (Lipinski definition) is 15. The van der Waals surface area contributed by atoms with E-state index >= 15 is 0 Å². The van der Waals surface area contributed by atoms with Crippen LogP contribution in [0.1, 0.15) is 113 Å². The Balaban J connectivity index is 0.707. The predicted octanol–water partition coefficient (Wildman–Crippen LogP) is -3.78. The molecule has 0 aromatic rings. The summed E-state index contributed by atoms with van der Waals surface area (Å²) >= 11 is 0. The molecular formula is C70H112O34. The molecule has 7 heterocycles. The molecule has 104 heavy (non-hydrogen) atoms. The average molecular weight is 1500 g/mol. The number of ketones is 1. The van der Waals surface area contributed by atoms with E-state index in [1.54, 1.807) is 34.6 Å². The normalized spacial score (nSPS) is 51.3. The monoisotopic (exact) mass is 1500 g/mol. The zero-order valence-corrected chi connectivity index (χ0v) is 60.3. The lowest BCUT2D eigenvalue weighted by Crippen LogP contribution is -2.65. The topological polar surface area (TPSA) is 495 Å². The predicted molar refractivity (Wildman–Crippen MR) is 348 cm³/mol. The summed E-state index contributed by atoms with van der Waals surface area (Å²) in [7, 11) is 2.98. The molecule has 34 heteroatoms. The fourth-order valence-electron chi connectivity index (χ4n) is 18.5. The van der Waals surface area contributed by atoms with Crippen LogP contribution in [-0.4, -0.2) is 344 Å². The zero-order chi connectivity index (χ0) is 75.5. The lowest BCUT2D eigenvalue weighted by atomic mass is 9.47. The zero-order valence-electron chi connectivity index (χ0n) is 60.3. The van der Waals surface area contributed by atoms with Crippen LogP contribution in [0.5, 0.6) is 0 Å². The second-order valence-electron chi connectivity index (χ2n) is 31.1. The maximum Gasteiger partial charge on any atom is 0.331 e. The summed E-state index contributed by atoms with van der Waals surface area (Å²) in [5, 5.41) is 164. The molecule has 7 aliphatic heterocycles. The Hall–Kier alpha value is -2.62. The number of fused-ring (bicyclic) bond motifs is 5. The maximum absolute atomic E-state index is 14.1. The number of Topliss-reactive ketones (excluding diaryl/α,β-unsaturated/α-hetero) is 1. The van der Waals surface area contributed by atoms with Gasteiger partial charge in [0.1, 0.15) is 134 Å². The summed E-state index contributed by atoms with van der Waals surface area (Å²) in [6, 6.07) is 0. The lowest BCUT2D eigenvalue weighted by Gasteiger charge is -2.58. The van der Waals surface area contributed by atoms with Crippen LogP contribution < -0.4 is 0 Å². The van der Waals surface area contributed by atoms with Crippen LogP contribution in [0, 0.1) is 34.5 Å². The fraction of sp³-hybridized carbons (Fsp3) is 0.914. The van der Waals surface area contributed by atoms with Crippen molar-refractivity contribution in [3.05, 3.63) is 23.3 Å².